The Balaban J connectivity index is 2.49. The number of rotatable bonds is 9. The van der Waals surface area contributed by atoms with Crippen molar-refractivity contribution in [2.75, 3.05) is 26.4 Å². The van der Waals surface area contributed by atoms with E-state index in [1.807, 2.05) is 20.8 Å². The summed E-state index contributed by atoms with van der Waals surface area (Å²) in [7, 11) is 0. The maximum absolute atomic E-state index is 13.7. The lowest BCUT2D eigenvalue weighted by Gasteiger charge is -2.11. The highest BCUT2D eigenvalue weighted by atomic mass is 19.1. The monoisotopic (exact) mass is 287 g/mol. The Bertz CT molecular complexity index is 388. The minimum absolute atomic E-state index is 0.132. The highest BCUT2D eigenvalue weighted by Gasteiger charge is 2.12. The second-order valence-corrected chi connectivity index (χ2v) is 4.99. The van der Waals surface area contributed by atoms with Crippen LogP contribution in [0.5, 0.6) is 5.75 Å². The smallest absolute Gasteiger partial charge is 0.190 e. The zero-order valence-corrected chi connectivity index (χ0v) is 12.3. The third kappa shape index (κ3) is 5.84. The third-order valence-electron chi connectivity index (χ3n) is 2.56. The molecule has 0 saturated heterocycles. The summed E-state index contributed by atoms with van der Waals surface area (Å²) in [5, 5.41) is 3.01. The molecule has 3 nitrogen and oxygen atoms in total. The maximum atomic E-state index is 13.7. The van der Waals surface area contributed by atoms with Crippen molar-refractivity contribution in [3.8, 4) is 5.75 Å². The molecule has 0 heterocycles. The molecule has 0 aromatic heterocycles. The largest absolute Gasteiger partial charge is 0.485 e. The summed E-state index contributed by atoms with van der Waals surface area (Å²) in [6.45, 7) is 8.23. The lowest BCUT2D eigenvalue weighted by Crippen LogP contribution is -2.14. The van der Waals surface area contributed by atoms with Crippen molar-refractivity contribution in [1.82, 2.24) is 5.32 Å². The third-order valence-corrected chi connectivity index (χ3v) is 2.56. The molecule has 0 atom stereocenters. The first-order valence-corrected chi connectivity index (χ1v) is 6.93. The van der Waals surface area contributed by atoms with Gasteiger partial charge in [0.1, 0.15) is 6.61 Å². The Kier molecular flexibility index (Phi) is 7.47. The van der Waals surface area contributed by atoms with Crippen LogP contribution in [0.15, 0.2) is 12.1 Å². The van der Waals surface area contributed by atoms with Gasteiger partial charge < -0.3 is 14.8 Å². The molecule has 20 heavy (non-hydrogen) atoms. The summed E-state index contributed by atoms with van der Waals surface area (Å²) < 4.78 is 37.9. The number of hydrogen-bond acceptors (Lipinski definition) is 3. The molecule has 0 fully saturated rings. The first-order valence-electron chi connectivity index (χ1n) is 6.93. The fourth-order valence-electron chi connectivity index (χ4n) is 1.64. The molecule has 1 N–H and O–H groups in total. The average Bonchev–Trinajstić information content (AvgIpc) is 2.38. The van der Waals surface area contributed by atoms with Crippen molar-refractivity contribution in [3.05, 3.63) is 29.3 Å². The van der Waals surface area contributed by atoms with Crippen LogP contribution < -0.4 is 10.1 Å². The molecule has 1 aromatic rings. The fraction of sp³-hybridized carbons (Fsp3) is 0.600. The topological polar surface area (TPSA) is 30.5 Å². The lowest BCUT2D eigenvalue weighted by atomic mass is 10.2. The van der Waals surface area contributed by atoms with E-state index in [9.17, 15) is 8.78 Å². The number of hydrogen-bond donors (Lipinski definition) is 1. The summed E-state index contributed by atoms with van der Waals surface area (Å²) in [4.78, 5) is 0. The fourth-order valence-corrected chi connectivity index (χ4v) is 1.64. The van der Waals surface area contributed by atoms with Gasteiger partial charge in [0.05, 0.1) is 6.61 Å². The predicted octanol–water partition coefficient (Wildman–Crippen LogP) is 3.13. The van der Waals surface area contributed by atoms with Crippen LogP contribution in [0.3, 0.4) is 0 Å². The molecular weight excluding hydrogens is 264 g/mol. The zero-order valence-electron chi connectivity index (χ0n) is 12.3. The quantitative estimate of drug-likeness (QED) is 0.708. The van der Waals surface area contributed by atoms with Crippen LogP contribution in [0, 0.1) is 17.6 Å². The highest BCUT2D eigenvalue weighted by molar-refractivity contribution is 5.31. The molecule has 0 amide bonds. The van der Waals surface area contributed by atoms with Crippen molar-refractivity contribution >= 4 is 0 Å². The van der Waals surface area contributed by atoms with Gasteiger partial charge in [-0.15, -0.1) is 0 Å². The molecule has 1 rings (SSSR count). The molecule has 0 radical (unpaired) electrons. The van der Waals surface area contributed by atoms with Gasteiger partial charge in [-0.25, -0.2) is 8.78 Å². The molecule has 5 heteroatoms. The van der Waals surface area contributed by atoms with Crippen molar-refractivity contribution in [2.24, 2.45) is 5.92 Å². The summed E-state index contributed by atoms with van der Waals surface area (Å²) in [5.74, 6) is -1.27. The van der Waals surface area contributed by atoms with Crippen LogP contribution in [-0.2, 0) is 11.3 Å². The minimum Gasteiger partial charge on any atom is -0.485 e. The van der Waals surface area contributed by atoms with Gasteiger partial charge in [0.15, 0.2) is 17.4 Å². The molecule has 0 unspecified atom stereocenters. The molecule has 0 aliphatic carbocycles. The zero-order chi connectivity index (χ0) is 15.0. The van der Waals surface area contributed by atoms with Crippen LogP contribution in [0.2, 0.25) is 0 Å². The molecule has 114 valence electrons. The first kappa shape index (κ1) is 16.9. The summed E-state index contributed by atoms with van der Waals surface area (Å²) in [5.41, 5.74) is 0.560. The van der Waals surface area contributed by atoms with E-state index in [4.69, 9.17) is 9.47 Å². The summed E-state index contributed by atoms with van der Waals surface area (Å²) in [6, 6.07) is 2.58. The highest BCUT2D eigenvalue weighted by Crippen LogP contribution is 2.23. The van der Waals surface area contributed by atoms with Crippen LogP contribution in [-0.4, -0.2) is 26.4 Å². The van der Waals surface area contributed by atoms with Gasteiger partial charge in [-0.05, 0) is 30.2 Å². The van der Waals surface area contributed by atoms with Gasteiger partial charge in [0.2, 0.25) is 0 Å². The molecule has 0 aliphatic heterocycles. The summed E-state index contributed by atoms with van der Waals surface area (Å²) in [6.07, 6.45) is 0. The predicted molar refractivity (Wildman–Crippen MR) is 74.9 cm³/mol. The van der Waals surface area contributed by atoms with Gasteiger partial charge in [0.25, 0.3) is 0 Å². The van der Waals surface area contributed by atoms with Gasteiger partial charge >= 0.3 is 0 Å². The Morgan fingerprint density at radius 3 is 2.35 bits per heavy atom. The van der Waals surface area contributed by atoms with Crippen LogP contribution >= 0.6 is 0 Å². The van der Waals surface area contributed by atoms with Crippen molar-refractivity contribution in [2.45, 2.75) is 27.3 Å². The molecule has 0 bridgehead atoms. The van der Waals surface area contributed by atoms with Crippen LogP contribution in [0.1, 0.15) is 26.3 Å². The average molecular weight is 287 g/mol. The number of ether oxygens (including phenoxy) is 2. The molecule has 0 saturated carbocycles. The van der Waals surface area contributed by atoms with E-state index in [0.717, 1.165) is 6.54 Å². The second kappa shape index (κ2) is 8.87. The lowest BCUT2D eigenvalue weighted by molar-refractivity contribution is 0.0795. The van der Waals surface area contributed by atoms with E-state index < -0.39 is 11.6 Å². The van der Waals surface area contributed by atoms with Gasteiger partial charge in [0, 0.05) is 13.2 Å². The number of benzene rings is 1. The Hall–Kier alpha value is -1.20. The van der Waals surface area contributed by atoms with E-state index in [0.29, 0.717) is 31.2 Å². The number of nitrogens with one attached hydrogen (secondary N) is 1. The van der Waals surface area contributed by atoms with Crippen LogP contribution in [0.4, 0.5) is 8.78 Å². The number of halogens is 2. The van der Waals surface area contributed by atoms with E-state index in [2.05, 4.69) is 5.32 Å². The first-order chi connectivity index (χ1) is 9.54. The summed E-state index contributed by atoms with van der Waals surface area (Å²) >= 11 is 0. The van der Waals surface area contributed by atoms with Gasteiger partial charge in [-0.3, -0.25) is 0 Å². The molecule has 1 aromatic carbocycles. The molecular formula is C15H23F2NO2. The van der Waals surface area contributed by atoms with Crippen molar-refractivity contribution in [1.29, 1.82) is 0 Å². The van der Waals surface area contributed by atoms with Gasteiger partial charge in [-0.1, -0.05) is 20.8 Å². The van der Waals surface area contributed by atoms with Crippen molar-refractivity contribution in [3.63, 3.8) is 0 Å². The van der Waals surface area contributed by atoms with Crippen molar-refractivity contribution < 1.29 is 18.3 Å². The van der Waals surface area contributed by atoms with E-state index in [1.165, 1.54) is 12.1 Å². The Morgan fingerprint density at radius 2 is 1.80 bits per heavy atom. The molecule has 0 spiro atoms. The maximum Gasteiger partial charge on any atom is 0.190 e. The Morgan fingerprint density at radius 1 is 1.15 bits per heavy atom. The van der Waals surface area contributed by atoms with E-state index >= 15 is 0 Å². The van der Waals surface area contributed by atoms with Crippen LogP contribution in [0.25, 0.3) is 0 Å². The van der Waals surface area contributed by atoms with E-state index in [-0.39, 0.29) is 12.4 Å². The second-order valence-electron chi connectivity index (χ2n) is 4.99. The Labute approximate surface area is 119 Å². The SMILES string of the molecule is CCNCc1cc(F)c(OCCOCC(C)C)c(F)c1. The van der Waals surface area contributed by atoms with E-state index in [1.54, 1.807) is 0 Å². The van der Waals surface area contributed by atoms with Gasteiger partial charge in [-0.2, -0.15) is 0 Å². The molecule has 0 aliphatic rings. The minimum atomic E-state index is -0.679. The normalized spacial score (nSPS) is 11.1. The standard InChI is InChI=1S/C15H23F2NO2/c1-4-18-9-12-7-13(16)15(14(17)8-12)20-6-5-19-10-11(2)3/h7-8,11,18H,4-6,9-10H2,1-3H3.